The van der Waals surface area contributed by atoms with E-state index in [4.69, 9.17) is 22.1 Å². The lowest BCUT2D eigenvalue weighted by molar-refractivity contribution is -0.121. The quantitative estimate of drug-likeness (QED) is 0.290. The lowest BCUT2D eigenvalue weighted by Crippen LogP contribution is -2.31. The number of amides is 2. The number of nitrogens with two attached hydrogens (primary N) is 1. The number of rotatable bonds is 7. The fourth-order valence-electron chi connectivity index (χ4n) is 2.92. The summed E-state index contributed by atoms with van der Waals surface area (Å²) in [5.74, 6) is 0.0908. The summed E-state index contributed by atoms with van der Waals surface area (Å²) in [4.78, 5) is 26.4. The number of amidine groups is 1. The molecule has 0 radical (unpaired) electrons. The van der Waals surface area contributed by atoms with Crippen molar-refractivity contribution in [3.8, 4) is 5.75 Å². The van der Waals surface area contributed by atoms with Crippen LogP contribution in [0.25, 0.3) is 0 Å². The number of anilines is 1. The lowest BCUT2D eigenvalue weighted by Gasteiger charge is -2.15. The zero-order valence-electron chi connectivity index (χ0n) is 17.2. The predicted molar refractivity (Wildman–Crippen MR) is 126 cm³/mol. The van der Waals surface area contributed by atoms with Crippen LogP contribution in [0.2, 0.25) is 5.02 Å². The van der Waals surface area contributed by atoms with Crippen LogP contribution in [0.15, 0.2) is 58.7 Å². The monoisotopic (exact) mass is 458 g/mol. The van der Waals surface area contributed by atoms with Gasteiger partial charge in [0.05, 0.1) is 18.0 Å². The van der Waals surface area contributed by atoms with Crippen LogP contribution in [0.3, 0.4) is 0 Å². The molecule has 0 bridgehead atoms. The smallest absolute Gasteiger partial charge is 0.247 e. The maximum Gasteiger partial charge on any atom is 0.247 e. The molecule has 1 aliphatic heterocycles. The third-order valence-corrected chi connectivity index (χ3v) is 5.72. The van der Waals surface area contributed by atoms with E-state index in [0.29, 0.717) is 28.8 Å². The fraction of sp³-hybridized carbons (Fsp3) is 0.273. The molecule has 1 aliphatic rings. The van der Waals surface area contributed by atoms with Crippen molar-refractivity contribution in [2.75, 3.05) is 11.5 Å². The molecule has 1 atom stereocenters. The molecule has 0 spiro atoms. The first kappa shape index (κ1) is 22.8. The zero-order chi connectivity index (χ0) is 22.4. The SMILES string of the molecule is CCCOc1ccc(N2C(=O)CC(SC(N)=N/N=C(\C)c3ccc(Cl)cc3)C2=O)cc1. The van der Waals surface area contributed by atoms with Crippen molar-refractivity contribution in [2.45, 2.75) is 31.9 Å². The molecular weight excluding hydrogens is 436 g/mol. The molecule has 9 heteroatoms. The topological polar surface area (TPSA) is 97.3 Å². The molecule has 7 nitrogen and oxygen atoms in total. The fourth-order valence-corrected chi connectivity index (χ4v) is 3.86. The number of carbonyl (C=O) groups excluding carboxylic acids is 2. The van der Waals surface area contributed by atoms with E-state index in [2.05, 4.69) is 10.2 Å². The van der Waals surface area contributed by atoms with E-state index in [-0.39, 0.29) is 23.4 Å². The maximum absolute atomic E-state index is 12.8. The summed E-state index contributed by atoms with van der Waals surface area (Å²) < 4.78 is 5.54. The molecule has 0 saturated carbocycles. The van der Waals surface area contributed by atoms with Crippen LogP contribution in [0.1, 0.15) is 32.3 Å². The van der Waals surface area contributed by atoms with Crippen molar-refractivity contribution in [3.05, 3.63) is 59.1 Å². The van der Waals surface area contributed by atoms with E-state index < -0.39 is 5.25 Å². The van der Waals surface area contributed by atoms with Crippen molar-refractivity contribution in [3.63, 3.8) is 0 Å². The Hall–Kier alpha value is -2.84. The number of hydrogen-bond donors (Lipinski definition) is 1. The summed E-state index contributed by atoms with van der Waals surface area (Å²) in [5, 5.41) is 8.22. The summed E-state index contributed by atoms with van der Waals surface area (Å²) in [6.45, 7) is 4.43. The molecule has 1 saturated heterocycles. The average molecular weight is 459 g/mol. The van der Waals surface area contributed by atoms with Gasteiger partial charge in [-0.25, -0.2) is 4.90 Å². The van der Waals surface area contributed by atoms with E-state index in [9.17, 15) is 9.59 Å². The van der Waals surface area contributed by atoms with E-state index in [1.807, 2.05) is 19.1 Å². The van der Waals surface area contributed by atoms with Gasteiger partial charge in [0.1, 0.15) is 11.0 Å². The number of imide groups is 1. The van der Waals surface area contributed by atoms with Gasteiger partial charge in [-0.3, -0.25) is 9.59 Å². The standard InChI is InChI=1S/C22H23ClN4O3S/c1-3-12-30-18-10-8-17(9-11-18)27-20(28)13-19(21(27)29)31-22(24)26-25-14(2)15-4-6-16(23)7-5-15/h4-11,19H,3,12-13H2,1-2H3,(H2,24,26)/b25-14+. The summed E-state index contributed by atoms with van der Waals surface area (Å²) in [7, 11) is 0. The molecule has 3 rings (SSSR count). The molecule has 0 aliphatic carbocycles. The second-order valence-electron chi connectivity index (χ2n) is 6.85. The van der Waals surface area contributed by atoms with Crippen LogP contribution in [-0.2, 0) is 9.59 Å². The third-order valence-electron chi connectivity index (χ3n) is 4.50. The molecule has 0 aromatic heterocycles. The first-order valence-corrected chi connectivity index (χ1v) is 11.0. The minimum atomic E-state index is -0.640. The summed E-state index contributed by atoms with van der Waals surface area (Å²) in [5.41, 5.74) is 7.97. The Bertz CT molecular complexity index is 1010. The van der Waals surface area contributed by atoms with E-state index in [1.54, 1.807) is 43.3 Å². The van der Waals surface area contributed by atoms with Gasteiger partial charge < -0.3 is 10.5 Å². The van der Waals surface area contributed by atoms with Gasteiger partial charge >= 0.3 is 0 Å². The van der Waals surface area contributed by atoms with Gasteiger partial charge in [0, 0.05) is 11.4 Å². The van der Waals surface area contributed by atoms with Crippen molar-refractivity contribution in [1.29, 1.82) is 0 Å². The highest BCUT2D eigenvalue weighted by Crippen LogP contribution is 2.30. The van der Waals surface area contributed by atoms with Crippen LogP contribution < -0.4 is 15.4 Å². The number of benzene rings is 2. The highest BCUT2D eigenvalue weighted by molar-refractivity contribution is 8.14. The molecule has 1 fully saturated rings. The van der Waals surface area contributed by atoms with Crippen molar-refractivity contribution < 1.29 is 14.3 Å². The largest absolute Gasteiger partial charge is 0.494 e. The van der Waals surface area contributed by atoms with Crippen LogP contribution in [0, 0.1) is 0 Å². The minimum Gasteiger partial charge on any atom is -0.494 e. The number of hydrogen-bond acceptors (Lipinski definition) is 6. The Balaban J connectivity index is 1.65. The molecule has 2 aromatic carbocycles. The molecule has 1 heterocycles. The first-order chi connectivity index (χ1) is 14.9. The summed E-state index contributed by atoms with van der Waals surface area (Å²) in [6, 6.07) is 14.1. The number of carbonyl (C=O) groups is 2. The van der Waals surface area contributed by atoms with Crippen LogP contribution in [0.5, 0.6) is 5.75 Å². The van der Waals surface area contributed by atoms with E-state index >= 15 is 0 Å². The normalized spacial score (nSPS) is 17.4. The van der Waals surface area contributed by atoms with E-state index in [1.165, 1.54) is 4.90 Å². The van der Waals surface area contributed by atoms with Gasteiger partial charge in [0.25, 0.3) is 0 Å². The molecule has 2 amide bonds. The Morgan fingerprint density at radius 2 is 1.84 bits per heavy atom. The van der Waals surface area contributed by atoms with Gasteiger partial charge in [0.2, 0.25) is 11.8 Å². The molecule has 2 aromatic rings. The Kier molecular flexibility index (Phi) is 7.70. The number of ether oxygens (including phenoxy) is 1. The van der Waals surface area contributed by atoms with Gasteiger partial charge in [0.15, 0.2) is 5.17 Å². The van der Waals surface area contributed by atoms with Crippen molar-refractivity contribution in [2.24, 2.45) is 15.9 Å². The molecule has 162 valence electrons. The second kappa shape index (κ2) is 10.5. The van der Waals surface area contributed by atoms with Crippen LogP contribution >= 0.6 is 23.4 Å². The van der Waals surface area contributed by atoms with Gasteiger partial charge in [-0.1, -0.05) is 42.4 Å². The Labute approximate surface area is 190 Å². The average Bonchev–Trinajstić information content (AvgIpc) is 3.04. The van der Waals surface area contributed by atoms with Crippen molar-refractivity contribution in [1.82, 2.24) is 0 Å². The first-order valence-electron chi connectivity index (χ1n) is 9.79. The molecular formula is C22H23ClN4O3S. The Morgan fingerprint density at radius 3 is 2.48 bits per heavy atom. The second-order valence-corrected chi connectivity index (χ2v) is 8.51. The predicted octanol–water partition coefficient (Wildman–Crippen LogP) is 4.23. The Morgan fingerprint density at radius 1 is 1.16 bits per heavy atom. The number of nitrogens with zero attached hydrogens (tertiary/aromatic N) is 3. The van der Waals surface area contributed by atoms with Gasteiger partial charge in [-0.15, -0.1) is 5.10 Å². The van der Waals surface area contributed by atoms with Crippen molar-refractivity contribution >= 4 is 51.7 Å². The summed E-state index contributed by atoms with van der Waals surface area (Å²) >= 11 is 6.92. The van der Waals surface area contributed by atoms with Crippen LogP contribution in [-0.4, -0.2) is 34.6 Å². The third kappa shape index (κ3) is 5.86. The summed E-state index contributed by atoms with van der Waals surface area (Å²) in [6.07, 6.45) is 0.948. The number of halogens is 1. The molecule has 2 N–H and O–H groups in total. The van der Waals surface area contributed by atoms with Gasteiger partial charge in [-0.2, -0.15) is 5.10 Å². The van der Waals surface area contributed by atoms with Crippen LogP contribution in [0.4, 0.5) is 5.69 Å². The van der Waals surface area contributed by atoms with Gasteiger partial charge in [-0.05, 0) is 55.3 Å². The highest BCUT2D eigenvalue weighted by Gasteiger charge is 2.40. The maximum atomic E-state index is 12.8. The number of thioether (sulfide) groups is 1. The minimum absolute atomic E-state index is 0.0493. The highest BCUT2D eigenvalue weighted by atomic mass is 35.5. The molecule has 1 unspecified atom stereocenters. The lowest BCUT2D eigenvalue weighted by atomic mass is 10.1. The zero-order valence-corrected chi connectivity index (χ0v) is 18.8. The van der Waals surface area contributed by atoms with E-state index in [0.717, 1.165) is 23.7 Å². The molecule has 31 heavy (non-hydrogen) atoms.